The Morgan fingerprint density at radius 2 is 1.94 bits per heavy atom. The molecule has 0 aromatic carbocycles. The fourth-order valence-electron chi connectivity index (χ4n) is 1.39. The Hall–Kier alpha value is 0.570. The molecule has 1 N–H and O–H groups in total. The number of halogens is 2. The van der Waals surface area contributed by atoms with E-state index in [0.717, 1.165) is 16.6 Å². The summed E-state index contributed by atoms with van der Waals surface area (Å²) in [4.78, 5) is 0.306. The molecule has 0 aliphatic rings. The standard InChI is InChI=1S/C10H15Br2NO2S2/c1-3-7(4-2)6-13-17(14,15)8-5-9(11)16-10(8)12/h5,7,13H,3-4,6H2,1-2H3. The zero-order valence-corrected chi connectivity index (χ0v) is 14.5. The highest BCUT2D eigenvalue weighted by molar-refractivity contribution is 9.12. The number of nitrogens with one attached hydrogen (secondary N) is 1. The molecule has 98 valence electrons. The van der Waals surface area contributed by atoms with Crippen molar-refractivity contribution < 1.29 is 8.42 Å². The highest BCUT2D eigenvalue weighted by atomic mass is 79.9. The Bertz CT molecular complexity index is 467. The van der Waals surface area contributed by atoms with Gasteiger partial charge in [-0.05, 0) is 43.8 Å². The Kier molecular flexibility index (Phi) is 6.12. The fourth-order valence-corrected chi connectivity index (χ4v) is 6.32. The first-order valence-corrected chi connectivity index (χ1v) is 9.23. The average Bonchev–Trinajstić information content (AvgIpc) is 2.60. The van der Waals surface area contributed by atoms with Crippen LogP contribution in [0.2, 0.25) is 0 Å². The van der Waals surface area contributed by atoms with Crippen LogP contribution in [0.3, 0.4) is 0 Å². The van der Waals surface area contributed by atoms with Gasteiger partial charge in [0.05, 0.1) is 7.57 Å². The predicted octanol–water partition coefficient (Wildman–Crippen LogP) is 3.99. The van der Waals surface area contributed by atoms with E-state index in [1.807, 2.05) is 0 Å². The van der Waals surface area contributed by atoms with Crippen molar-refractivity contribution in [1.29, 1.82) is 0 Å². The van der Waals surface area contributed by atoms with Crippen molar-refractivity contribution in [2.24, 2.45) is 5.92 Å². The van der Waals surface area contributed by atoms with Crippen LogP contribution in [0.15, 0.2) is 18.5 Å². The van der Waals surface area contributed by atoms with E-state index in [1.165, 1.54) is 11.3 Å². The second-order valence-electron chi connectivity index (χ2n) is 3.72. The molecule has 1 rings (SSSR count). The molecule has 0 saturated carbocycles. The van der Waals surface area contributed by atoms with Crippen LogP contribution in [0.1, 0.15) is 26.7 Å². The number of sulfonamides is 1. The maximum atomic E-state index is 12.0. The molecule has 0 aliphatic heterocycles. The van der Waals surface area contributed by atoms with Crippen molar-refractivity contribution in [3.63, 3.8) is 0 Å². The number of rotatable bonds is 6. The summed E-state index contributed by atoms with van der Waals surface area (Å²) < 4.78 is 28.2. The first kappa shape index (κ1) is 15.6. The lowest BCUT2D eigenvalue weighted by Gasteiger charge is -2.13. The minimum Gasteiger partial charge on any atom is -0.211 e. The fraction of sp³-hybridized carbons (Fsp3) is 0.600. The SMILES string of the molecule is CCC(CC)CNS(=O)(=O)c1cc(Br)sc1Br. The second kappa shape index (κ2) is 6.65. The van der Waals surface area contributed by atoms with Crippen molar-refractivity contribution in [3.8, 4) is 0 Å². The molecule has 0 saturated heterocycles. The van der Waals surface area contributed by atoms with E-state index in [0.29, 0.717) is 21.1 Å². The molecule has 17 heavy (non-hydrogen) atoms. The topological polar surface area (TPSA) is 46.2 Å². The second-order valence-corrected chi connectivity index (χ2v) is 9.21. The minimum atomic E-state index is -3.40. The zero-order valence-electron chi connectivity index (χ0n) is 9.66. The maximum absolute atomic E-state index is 12.0. The van der Waals surface area contributed by atoms with Crippen LogP contribution in [0, 0.1) is 5.92 Å². The molecule has 0 fully saturated rings. The lowest BCUT2D eigenvalue weighted by Crippen LogP contribution is -2.29. The first-order chi connectivity index (χ1) is 7.90. The van der Waals surface area contributed by atoms with Gasteiger partial charge in [-0.2, -0.15) is 0 Å². The smallest absolute Gasteiger partial charge is 0.211 e. The summed E-state index contributed by atoms with van der Waals surface area (Å²) >= 11 is 7.90. The summed E-state index contributed by atoms with van der Waals surface area (Å²) in [5, 5.41) is 0. The third kappa shape index (κ3) is 4.31. The quantitative estimate of drug-likeness (QED) is 0.778. The Balaban J connectivity index is 2.79. The summed E-state index contributed by atoms with van der Waals surface area (Å²) in [5.74, 6) is 0.394. The number of hydrogen-bond acceptors (Lipinski definition) is 3. The van der Waals surface area contributed by atoms with Crippen LogP contribution in [-0.2, 0) is 10.0 Å². The third-order valence-electron chi connectivity index (χ3n) is 2.63. The molecule has 0 atom stereocenters. The normalized spacial score (nSPS) is 12.3. The van der Waals surface area contributed by atoms with Crippen LogP contribution in [0.25, 0.3) is 0 Å². The highest BCUT2D eigenvalue weighted by Crippen LogP contribution is 2.34. The number of thiophene rings is 1. The maximum Gasteiger partial charge on any atom is 0.242 e. The van der Waals surface area contributed by atoms with Gasteiger partial charge in [-0.25, -0.2) is 13.1 Å². The van der Waals surface area contributed by atoms with Crippen molar-refractivity contribution in [3.05, 3.63) is 13.6 Å². The van der Waals surface area contributed by atoms with Crippen molar-refractivity contribution in [1.82, 2.24) is 4.72 Å². The summed E-state index contributed by atoms with van der Waals surface area (Å²) in [6.07, 6.45) is 1.96. The molecule has 0 spiro atoms. The van der Waals surface area contributed by atoms with Crippen LogP contribution < -0.4 is 4.72 Å². The van der Waals surface area contributed by atoms with E-state index < -0.39 is 10.0 Å². The van der Waals surface area contributed by atoms with E-state index in [1.54, 1.807) is 6.07 Å². The van der Waals surface area contributed by atoms with Gasteiger partial charge >= 0.3 is 0 Å². The van der Waals surface area contributed by atoms with Gasteiger partial charge in [0.25, 0.3) is 0 Å². The Morgan fingerprint density at radius 3 is 2.35 bits per heavy atom. The van der Waals surface area contributed by atoms with E-state index in [4.69, 9.17) is 0 Å². The van der Waals surface area contributed by atoms with Crippen LogP contribution in [-0.4, -0.2) is 15.0 Å². The van der Waals surface area contributed by atoms with Gasteiger partial charge in [-0.3, -0.25) is 0 Å². The van der Waals surface area contributed by atoms with E-state index in [2.05, 4.69) is 50.4 Å². The van der Waals surface area contributed by atoms with Crippen molar-refractivity contribution >= 4 is 53.2 Å². The molecule has 0 aliphatic carbocycles. The van der Waals surface area contributed by atoms with Crippen LogP contribution in [0.4, 0.5) is 0 Å². The monoisotopic (exact) mass is 403 g/mol. The van der Waals surface area contributed by atoms with Crippen molar-refractivity contribution in [2.75, 3.05) is 6.54 Å². The lowest BCUT2D eigenvalue weighted by atomic mass is 10.0. The average molecular weight is 405 g/mol. The highest BCUT2D eigenvalue weighted by Gasteiger charge is 2.21. The van der Waals surface area contributed by atoms with Crippen LogP contribution >= 0.6 is 43.2 Å². The molecule has 3 nitrogen and oxygen atoms in total. The molecular weight excluding hydrogens is 390 g/mol. The molecule has 7 heteroatoms. The van der Waals surface area contributed by atoms with Crippen LogP contribution in [0.5, 0.6) is 0 Å². The molecular formula is C10H15Br2NO2S2. The molecule has 0 bridgehead atoms. The summed E-state index contributed by atoms with van der Waals surface area (Å²) in [6, 6.07) is 1.62. The van der Waals surface area contributed by atoms with E-state index >= 15 is 0 Å². The predicted molar refractivity (Wildman–Crippen MR) is 79.0 cm³/mol. The molecule has 1 aromatic heterocycles. The van der Waals surface area contributed by atoms with Gasteiger partial charge in [0.1, 0.15) is 4.90 Å². The largest absolute Gasteiger partial charge is 0.242 e. The van der Waals surface area contributed by atoms with Gasteiger partial charge < -0.3 is 0 Å². The molecule has 0 unspecified atom stereocenters. The molecule has 1 aromatic rings. The van der Waals surface area contributed by atoms with Gasteiger partial charge in [0.2, 0.25) is 10.0 Å². The molecule has 0 amide bonds. The summed E-state index contributed by atoms with van der Waals surface area (Å²) in [6.45, 7) is 4.63. The molecule has 1 heterocycles. The first-order valence-electron chi connectivity index (χ1n) is 5.35. The minimum absolute atomic E-state index is 0.306. The van der Waals surface area contributed by atoms with Crippen molar-refractivity contribution in [2.45, 2.75) is 31.6 Å². The Labute approximate surface area is 123 Å². The summed E-state index contributed by atoms with van der Waals surface area (Å²) in [7, 11) is -3.40. The van der Waals surface area contributed by atoms with Gasteiger partial charge in [0.15, 0.2) is 0 Å². The Morgan fingerprint density at radius 1 is 1.35 bits per heavy atom. The lowest BCUT2D eigenvalue weighted by molar-refractivity contribution is 0.479. The van der Waals surface area contributed by atoms with E-state index in [-0.39, 0.29) is 0 Å². The number of hydrogen-bond donors (Lipinski definition) is 1. The third-order valence-corrected chi connectivity index (χ3v) is 6.81. The summed E-state index contributed by atoms with van der Waals surface area (Å²) in [5.41, 5.74) is 0. The zero-order chi connectivity index (χ0) is 13.1. The van der Waals surface area contributed by atoms with Gasteiger partial charge in [0, 0.05) is 6.54 Å². The molecule has 0 radical (unpaired) electrons. The van der Waals surface area contributed by atoms with Gasteiger partial charge in [-0.15, -0.1) is 11.3 Å². The van der Waals surface area contributed by atoms with Gasteiger partial charge in [-0.1, -0.05) is 26.7 Å². The van der Waals surface area contributed by atoms with E-state index in [9.17, 15) is 8.42 Å².